The molecular formula is C17H20O4. The lowest BCUT2D eigenvalue weighted by Gasteiger charge is -2.27. The molecule has 4 unspecified atom stereocenters. The van der Waals surface area contributed by atoms with E-state index in [1.54, 1.807) is 14.2 Å². The Hall–Kier alpha value is -1.97. The highest BCUT2D eigenvalue weighted by atomic mass is 16.5. The van der Waals surface area contributed by atoms with E-state index in [1.807, 2.05) is 18.2 Å². The Labute approximate surface area is 124 Å². The van der Waals surface area contributed by atoms with Gasteiger partial charge in [-0.05, 0) is 47.8 Å². The second kappa shape index (κ2) is 5.43. The van der Waals surface area contributed by atoms with Crippen molar-refractivity contribution in [1.29, 1.82) is 0 Å². The molecule has 0 aromatic heterocycles. The Bertz CT molecular complexity index is 578. The van der Waals surface area contributed by atoms with E-state index in [-0.39, 0.29) is 18.3 Å². The van der Waals surface area contributed by atoms with Crippen LogP contribution in [0.2, 0.25) is 0 Å². The van der Waals surface area contributed by atoms with Gasteiger partial charge in [-0.15, -0.1) is 0 Å². The third-order valence-corrected chi connectivity index (χ3v) is 4.83. The van der Waals surface area contributed by atoms with E-state index in [9.17, 15) is 9.90 Å². The number of allylic oxidation sites excluding steroid dienone is 2. The summed E-state index contributed by atoms with van der Waals surface area (Å²) < 4.78 is 10.6. The molecule has 4 atom stereocenters. The third kappa shape index (κ3) is 2.39. The van der Waals surface area contributed by atoms with E-state index >= 15 is 0 Å². The molecule has 1 saturated carbocycles. The molecule has 0 heterocycles. The van der Waals surface area contributed by atoms with Crippen LogP contribution in [0.15, 0.2) is 30.4 Å². The largest absolute Gasteiger partial charge is 0.493 e. The summed E-state index contributed by atoms with van der Waals surface area (Å²) >= 11 is 0. The van der Waals surface area contributed by atoms with Crippen LogP contribution >= 0.6 is 0 Å². The second-order valence-corrected chi connectivity index (χ2v) is 5.85. The average Bonchev–Trinajstić information content (AvgIpc) is 3.07. The minimum atomic E-state index is -0.716. The first-order valence-corrected chi connectivity index (χ1v) is 7.26. The lowest BCUT2D eigenvalue weighted by molar-refractivity contribution is -0.138. The molecule has 2 aliphatic carbocycles. The molecule has 0 saturated heterocycles. The fourth-order valence-electron chi connectivity index (χ4n) is 3.96. The van der Waals surface area contributed by atoms with Gasteiger partial charge in [0.05, 0.1) is 14.2 Å². The zero-order chi connectivity index (χ0) is 15.0. The van der Waals surface area contributed by atoms with Crippen molar-refractivity contribution in [1.82, 2.24) is 0 Å². The van der Waals surface area contributed by atoms with E-state index in [4.69, 9.17) is 9.47 Å². The Balaban J connectivity index is 1.94. The molecule has 1 fully saturated rings. The summed E-state index contributed by atoms with van der Waals surface area (Å²) in [7, 11) is 3.24. The van der Waals surface area contributed by atoms with Crippen LogP contribution in [0.3, 0.4) is 0 Å². The highest BCUT2D eigenvalue weighted by molar-refractivity contribution is 5.67. The van der Waals surface area contributed by atoms with Crippen molar-refractivity contribution in [2.45, 2.75) is 18.8 Å². The van der Waals surface area contributed by atoms with Gasteiger partial charge in [0.25, 0.3) is 0 Å². The van der Waals surface area contributed by atoms with Crippen molar-refractivity contribution in [3.05, 3.63) is 35.9 Å². The molecule has 1 aromatic rings. The number of ether oxygens (including phenoxy) is 2. The lowest BCUT2D eigenvalue weighted by atomic mass is 9.77. The fraction of sp³-hybridized carbons (Fsp3) is 0.471. The molecular weight excluding hydrogens is 268 g/mol. The minimum absolute atomic E-state index is 0.176. The maximum absolute atomic E-state index is 11.2. The van der Waals surface area contributed by atoms with Crippen molar-refractivity contribution in [2.75, 3.05) is 14.2 Å². The number of benzene rings is 1. The number of carboxylic acids is 1. The average molecular weight is 288 g/mol. The Morgan fingerprint density at radius 3 is 2.57 bits per heavy atom. The molecule has 112 valence electrons. The summed E-state index contributed by atoms with van der Waals surface area (Å²) in [5.41, 5.74) is 1.15. The van der Waals surface area contributed by atoms with Gasteiger partial charge in [-0.1, -0.05) is 18.2 Å². The van der Waals surface area contributed by atoms with Crippen LogP contribution in [-0.2, 0) is 4.79 Å². The van der Waals surface area contributed by atoms with Crippen LogP contribution in [-0.4, -0.2) is 25.3 Å². The van der Waals surface area contributed by atoms with Crippen molar-refractivity contribution in [3.8, 4) is 11.5 Å². The zero-order valence-electron chi connectivity index (χ0n) is 12.3. The normalized spacial score (nSPS) is 29.6. The van der Waals surface area contributed by atoms with Crippen LogP contribution in [0.1, 0.15) is 24.3 Å². The molecule has 2 aliphatic rings. The molecule has 1 aromatic carbocycles. The van der Waals surface area contributed by atoms with Gasteiger partial charge in [0.2, 0.25) is 0 Å². The molecule has 4 heteroatoms. The smallest absolute Gasteiger partial charge is 0.303 e. The highest BCUT2D eigenvalue weighted by Crippen LogP contribution is 2.54. The van der Waals surface area contributed by atoms with E-state index in [1.165, 1.54) is 0 Å². The van der Waals surface area contributed by atoms with Crippen molar-refractivity contribution in [2.24, 2.45) is 17.8 Å². The monoisotopic (exact) mass is 288 g/mol. The third-order valence-electron chi connectivity index (χ3n) is 4.83. The Morgan fingerprint density at radius 2 is 1.90 bits per heavy atom. The number of carbonyl (C=O) groups is 1. The van der Waals surface area contributed by atoms with E-state index in [2.05, 4.69) is 12.2 Å². The van der Waals surface area contributed by atoms with E-state index in [0.29, 0.717) is 23.3 Å². The topological polar surface area (TPSA) is 55.8 Å². The fourth-order valence-corrected chi connectivity index (χ4v) is 3.96. The first kappa shape index (κ1) is 14.0. The molecule has 4 nitrogen and oxygen atoms in total. The van der Waals surface area contributed by atoms with Gasteiger partial charge in [0, 0.05) is 6.42 Å². The summed E-state index contributed by atoms with van der Waals surface area (Å²) in [6.07, 6.45) is 5.72. The number of rotatable bonds is 5. The van der Waals surface area contributed by atoms with Gasteiger partial charge >= 0.3 is 5.97 Å². The predicted octanol–water partition coefficient (Wildman–Crippen LogP) is 3.08. The van der Waals surface area contributed by atoms with Crippen molar-refractivity contribution < 1.29 is 19.4 Å². The lowest BCUT2D eigenvalue weighted by Crippen LogP contribution is -2.21. The summed E-state index contributed by atoms with van der Waals surface area (Å²) in [5.74, 6) is 1.96. The molecule has 21 heavy (non-hydrogen) atoms. The number of methoxy groups -OCH3 is 2. The Kier molecular flexibility index (Phi) is 3.62. The van der Waals surface area contributed by atoms with E-state index in [0.717, 1.165) is 12.0 Å². The van der Waals surface area contributed by atoms with E-state index < -0.39 is 5.97 Å². The molecule has 1 N–H and O–H groups in total. The van der Waals surface area contributed by atoms with Gasteiger partial charge in [-0.3, -0.25) is 4.79 Å². The molecule has 0 spiro atoms. The number of hydrogen-bond donors (Lipinski definition) is 1. The van der Waals surface area contributed by atoms with Gasteiger partial charge in [-0.2, -0.15) is 0 Å². The van der Waals surface area contributed by atoms with Crippen LogP contribution in [0.5, 0.6) is 11.5 Å². The summed E-state index contributed by atoms with van der Waals surface area (Å²) in [6.45, 7) is 0. The van der Waals surface area contributed by atoms with Crippen molar-refractivity contribution in [3.63, 3.8) is 0 Å². The standard InChI is InChI=1S/C17H20O4/c1-20-14-6-5-12(8-15(14)21-2)17-11-4-3-10(7-11)13(17)9-16(18)19/h3-6,8,10-11,13,17H,7,9H2,1-2H3,(H,18,19). The van der Waals surface area contributed by atoms with Crippen LogP contribution in [0.25, 0.3) is 0 Å². The van der Waals surface area contributed by atoms with Gasteiger partial charge < -0.3 is 14.6 Å². The number of hydrogen-bond acceptors (Lipinski definition) is 3. The van der Waals surface area contributed by atoms with Crippen LogP contribution in [0.4, 0.5) is 0 Å². The molecule has 0 aliphatic heterocycles. The summed E-state index contributed by atoms with van der Waals surface area (Å²) in [6, 6.07) is 5.93. The zero-order valence-corrected chi connectivity index (χ0v) is 12.3. The van der Waals surface area contributed by atoms with Crippen molar-refractivity contribution >= 4 is 5.97 Å². The number of fused-ring (bicyclic) bond motifs is 2. The van der Waals surface area contributed by atoms with Gasteiger partial charge in [0.1, 0.15) is 0 Å². The molecule has 0 radical (unpaired) electrons. The maximum atomic E-state index is 11.2. The predicted molar refractivity (Wildman–Crippen MR) is 78.8 cm³/mol. The first-order valence-electron chi connectivity index (χ1n) is 7.26. The summed E-state index contributed by atoms with van der Waals surface area (Å²) in [5, 5.41) is 9.18. The minimum Gasteiger partial charge on any atom is -0.493 e. The quantitative estimate of drug-likeness (QED) is 0.846. The van der Waals surface area contributed by atoms with Gasteiger partial charge in [-0.25, -0.2) is 0 Å². The first-order chi connectivity index (χ1) is 10.1. The summed E-state index contributed by atoms with van der Waals surface area (Å²) in [4.78, 5) is 11.2. The second-order valence-electron chi connectivity index (χ2n) is 5.85. The maximum Gasteiger partial charge on any atom is 0.303 e. The van der Waals surface area contributed by atoms with Crippen LogP contribution < -0.4 is 9.47 Å². The molecule has 3 rings (SSSR count). The number of carboxylic acid groups (broad SMARTS) is 1. The highest BCUT2D eigenvalue weighted by Gasteiger charge is 2.45. The molecule has 2 bridgehead atoms. The number of aliphatic carboxylic acids is 1. The SMILES string of the molecule is COc1ccc(C2C3C=CC(C3)C2CC(=O)O)cc1OC. The Morgan fingerprint density at radius 1 is 1.19 bits per heavy atom. The van der Waals surface area contributed by atoms with Gasteiger partial charge in [0.15, 0.2) is 11.5 Å². The van der Waals surface area contributed by atoms with Crippen LogP contribution in [0, 0.1) is 17.8 Å². The molecule has 0 amide bonds.